The van der Waals surface area contributed by atoms with Gasteiger partial charge in [-0.3, -0.25) is 4.68 Å². The van der Waals surface area contributed by atoms with E-state index >= 15 is 0 Å². The van der Waals surface area contributed by atoms with Crippen molar-refractivity contribution in [1.29, 1.82) is 0 Å². The molecule has 1 saturated heterocycles. The molecule has 0 amide bonds. The molecule has 20 heavy (non-hydrogen) atoms. The zero-order valence-corrected chi connectivity index (χ0v) is 13.7. The van der Waals surface area contributed by atoms with Gasteiger partial charge in [0.05, 0.1) is 5.69 Å². The zero-order chi connectivity index (χ0) is 14.7. The highest BCUT2D eigenvalue weighted by Gasteiger charge is 2.24. The zero-order valence-electron chi connectivity index (χ0n) is 13.7. The number of hydrogen-bond donors (Lipinski definition) is 1. The Morgan fingerprint density at radius 1 is 1.30 bits per heavy atom. The third kappa shape index (κ3) is 3.17. The van der Waals surface area contributed by atoms with Gasteiger partial charge in [0.25, 0.3) is 0 Å². The first-order valence-corrected chi connectivity index (χ1v) is 7.96. The summed E-state index contributed by atoms with van der Waals surface area (Å²) in [7, 11) is 4.08. The van der Waals surface area contributed by atoms with E-state index in [4.69, 9.17) is 0 Å². The van der Waals surface area contributed by atoms with Gasteiger partial charge in [-0.1, -0.05) is 13.8 Å². The number of rotatable bonds is 4. The monoisotopic (exact) mass is 278 g/mol. The summed E-state index contributed by atoms with van der Waals surface area (Å²) < 4.78 is 2.07. The lowest BCUT2D eigenvalue weighted by molar-refractivity contribution is 0.351. The molecule has 1 aromatic rings. The second kappa shape index (κ2) is 6.61. The van der Waals surface area contributed by atoms with Gasteiger partial charge in [-0.05, 0) is 45.1 Å². The number of aromatic nitrogens is 2. The largest absolute Gasteiger partial charge is 0.357 e. The number of anilines is 1. The predicted molar refractivity (Wildman–Crippen MR) is 85.1 cm³/mol. The Bertz CT molecular complexity index is 436. The van der Waals surface area contributed by atoms with Gasteiger partial charge in [-0.2, -0.15) is 5.10 Å². The van der Waals surface area contributed by atoms with Gasteiger partial charge in [0.2, 0.25) is 0 Å². The first-order chi connectivity index (χ1) is 9.54. The molecular formula is C16H30N4. The van der Waals surface area contributed by atoms with E-state index in [0.717, 1.165) is 24.1 Å². The van der Waals surface area contributed by atoms with Crippen molar-refractivity contribution >= 4 is 5.82 Å². The van der Waals surface area contributed by atoms with E-state index in [2.05, 4.69) is 47.8 Å². The lowest BCUT2D eigenvalue weighted by Gasteiger charge is -2.25. The van der Waals surface area contributed by atoms with Crippen molar-refractivity contribution in [3.63, 3.8) is 0 Å². The Morgan fingerprint density at radius 2 is 2.05 bits per heavy atom. The first-order valence-electron chi connectivity index (χ1n) is 7.96. The maximum atomic E-state index is 4.62. The van der Waals surface area contributed by atoms with Crippen LogP contribution in [0.15, 0.2) is 0 Å². The van der Waals surface area contributed by atoms with E-state index in [0.29, 0.717) is 0 Å². The Balaban J connectivity index is 2.19. The van der Waals surface area contributed by atoms with Crippen molar-refractivity contribution in [2.75, 3.05) is 25.0 Å². The Labute approximate surface area is 123 Å². The fourth-order valence-corrected chi connectivity index (χ4v) is 3.47. The van der Waals surface area contributed by atoms with E-state index in [1.807, 2.05) is 7.05 Å². The van der Waals surface area contributed by atoms with Crippen LogP contribution in [0.25, 0.3) is 0 Å². The molecule has 1 atom stereocenters. The van der Waals surface area contributed by atoms with Gasteiger partial charge in [0.15, 0.2) is 0 Å². The average Bonchev–Trinajstić information content (AvgIpc) is 2.58. The minimum Gasteiger partial charge on any atom is -0.357 e. The van der Waals surface area contributed by atoms with Gasteiger partial charge < -0.3 is 10.2 Å². The third-order valence-electron chi connectivity index (χ3n) is 4.68. The standard InChI is InChI=1S/C16H30N4/c1-12(2)14-7-6-9-20(10-8-14)16-15(11-17-4)13(3)18-19(16)5/h12,14,17H,6-11H2,1-5H3. The van der Waals surface area contributed by atoms with Crippen LogP contribution >= 0.6 is 0 Å². The molecule has 1 fully saturated rings. The second-order valence-corrected chi connectivity index (χ2v) is 6.46. The van der Waals surface area contributed by atoms with E-state index in [1.165, 1.54) is 43.7 Å². The minimum atomic E-state index is 0.806. The molecule has 114 valence electrons. The van der Waals surface area contributed by atoms with Gasteiger partial charge in [0.1, 0.15) is 5.82 Å². The molecule has 0 saturated carbocycles. The molecule has 0 spiro atoms. The Morgan fingerprint density at radius 3 is 2.70 bits per heavy atom. The number of nitrogens with one attached hydrogen (secondary N) is 1. The number of aryl methyl sites for hydroxylation is 2. The Hall–Kier alpha value is -1.03. The molecule has 0 aromatic carbocycles. The van der Waals surface area contributed by atoms with Gasteiger partial charge in [0, 0.05) is 32.2 Å². The van der Waals surface area contributed by atoms with Gasteiger partial charge in [-0.25, -0.2) is 0 Å². The van der Waals surface area contributed by atoms with Crippen molar-refractivity contribution in [3.8, 4) is 0 Å². The summed E-state index contributed by atoms with van der Waals surface area (Å²) in [5.74, 6) is 3.00. The number of nitrogens with zero attached hydrogens (tertiary/aromatic N) is 3. The third-order valence-corrected chi connectivity index (χ3v) is 4.68. The highest BCUT2D eigenvalue weighted by Crippen LogP contribution is 2.29. The van der Waals surface area contributed by atoms with E-state index in [-0.39, 0.29) is 0 Å². The Kier molecular flexibility index (Phi) is 5.08. The highest BCUT2D eigenvalue weighted by atomic mass is 15.4. The van der Waals surface area contributed by atoms with Crippen LogP contribution in [-0.2, 0) is 13.6 Å². The minimum absolute atomic E-state index is 0.806. The molecule has 1 aliphatic heterocycles. The van der Waals surface area contributed by atoms with Crippen LogP contribution in [0, 0.1) is 18.8 Å². The molecule has 2 heterocycles. The van der Waals surface area contributed by atoms with Crippen LogP contribution < -0.4 is 10.2 Å². The average molecular weight is 278 g/mol. The SMILES string of the molecule is CNCc1c(C)nn(C)c1N1CCCC(C(C)C)CC1. The van der Waals surface area contributed by atoms with Crippen LogP contribution in [0.2, 0.25) is 0 Å². The molecule has 4 heteroatoms. The van der Waals surface area contributed by atoms with Gasteiger partial charge >= 0.3 is 0 Å². The van der Waals surface area contributed by atoms with Crippen molar-refractivity contribution < 1.29 is 0 Å². The predicted octanol–water partition coefficient (Wildman–Crippen LogP) is 2.71. The fourth-order valence-electron chi connectivity index (χ4n) is 3.47. The molecule has 1 aromatic heterocycles. The van der Waals surface area contributed by atoms with Crippen molar-refractivity contribution in [3.05, 3.63) is 11.3 Å². The molecular weight excluding hydrogens is 248 g/mol. The number of hydrogen-bond acceptors (Lipinski definition) is 3. The van der Waals surface area contributed by atoms with E-state index < -0.39 is 0 Å². The van der Waals surface area contributed by atoms with Crippen LogP contribution in [0.5, 0.6) is 0 Å². The normalized spacial score (nSPS) is 20.5. The van der Waals surface area contributed by atoms with Gasteiger partial charge in [-0.15, -0.1) is 0 Å². The maximum Gasteiger partial charge on any atom is 0.131 e. The van der Waals surface area contributed by atoms with Crippen LogP contribution in [-0.4, -0.2) is 29.9 Å². The quantitative estimate of drug-likeness (QED) is 0.919. The summed E-state index contributed by atoms with van der Waals surface area (Å²) in [6, 6.07) is 0. The summed E-state index contributed by atoms with van der Waals surface area (Å²) in [5, 5.41) is 7.90. The molecule has 4 nitrogen and oxygen atoms in total. The van der Waals surface area contributed by atoms with Crippen LogP contribution in [0.3, 0.4) is 0 Å². The lowest BCUT2D eigenvalue weighted by Crippen LogP contribution is -2.28. The molecule has 1 unspecified atom stereocenters. The maximum absolute atomic E-state index is 4.62. The summed E-state index contributed by atoms with van der Waals surface area (Å²) >= 11 is 0. The summed E-state index contributed by atoms with van der Waals surface area (Å²) in [5.41, 5.74) is 2.51. The first kappa shape index (κ1) is 15.4. The fraction of sp³-hybridized carbons (Fsp3) is 0.812. The summed E-state index contributed by atoms with van der Waals surface area (Å²) in [6.07, 6.45) is 3.97. The summed E-state index contributed by atoms with van der Waals surface area (Å²) in [6.45, 7) is 10.1. The molecule has 1 aliphatic rings. The summed E-state index contributed by atoms with van der Waals surface area (Å²) in [4.78, 5) is 2.55. The molecule has 2 rings (SSSR count). The molecule has 0 radical (unpaired) electrons. The second-order valence-electron chi connectivity index (χ2n) is 6.46. The lowest BCUT2D eigenvalue weighted by atomic mass is 9.89. The highest BCUT2D eigenvalue weighted by molar-refractivity contribution is 5.50. The molecule has 1 N–H and O–H groups in total. The molecule has 0 bridgehead atoms. The van der Waals surface area contributed by atoms with Crippen molar-refractivity contribution in [2.45, 2.75) is 46.6 Å². The van der Waals surface area contributed by atoms with Crippen LogP contribution in [0.1, 0.15) is 44.4 Å². The van der Waals surface area contributed by atoms with E-state index in [9.17, 15) is 0 Å². The van der Waals surface area contributed by atoms with Crippen molar-refractivity contribution in [1.82, 2.24) is 15.1 Å². The smallest absolute Gasteiger partial charge is 0.131 e. The topological polar surface area (TPSA) is 33.1 Å². The van der Waals surface area contributed by atoms with Crippen LogP contribution in [0.4, 0.5) is 5.82 Å². The van der Waals surface area contributed by atoms with Crippen molar-refractivity contribution in [2.24, 2.45) is 18.9 Å². The molecule has 0 aliphatic carbocycles. The van der Waals surface area contributed by atoms with E-state index in [1.54, 1.807) is 0 Å².